The van der Waals surface area contributed by atoms with Gasteiger partial charge >= 0.3 is 0 Å². The highest BCUT2D eigenvalue weighted by molar-refractivity contribution is 9.09. The molecule has 0 spiro atoms. The van der Waals surface area contributed by atoms with Crippen LogP contribution in [-0.4, -0.2) is 28.7 Å². The molecule has 4 heteroatoms. The highest BCUT2D eigenvalue weighted by Crippen LogP contribution is 2.29. The third-order valence-electron chi connectivity index (χ3n) is 4.01. The number of para-hydroxylation sites is 1. The molecule has 2 heterocycles. The quantitative estimate of drug-likeness (QED) is 0.790. The number of hydrogen-bond acceptors (Lipinski definition) is 2. The van der Waals surface area contributed by atoms with E-state index in [1.807, 2.05) is 29.2 Å². The fraction of sp³-hybridized carbons (Fsp3) is 0.400. The SMILES string of the molecule is CC1CCN(C(=O)c2coc3ccccc23)C1CBr. The van der Waals surface area contributed by atoms with E-state index in [0.717, 1.165) is 29.3 Å². The summed E-state index contributed by atoms with van der Waals surface area (Å²) in [5, 5.41) is 1.73. The summed E-state index contributed by atoms with van der Waals surface area (Å²) in [5.74, 6) is 0.625. The van der Waals surface area contributed by atoms with Crippen molar-refractivity contribution in [1.29, 1.82) is 0 Å². The second-order valence-corrected chi connectivity index (χ2v) is 5.78. The molecule has 1 aliphatic heterocycles. The Morgan fingerprint density at radius 2 is 2.26 bits per heavy atom. The topological polar surface area (TPSA) is 33.5 Å². The van der Waals surface area contributed by atoms with Crippen LogP contribution in [0, 0.1) is 5.92 Å². The molecule has 2 atom stereocenters. The highest BCUT2D eigenvalue weighted by atomic mass is 79.9. The van der Waals surface area contributed by atoms with Crippen LogP contribution in [-0.2, 0) is 0 Å². The Morgan fingerprint density at radius 3 is 3.05 bits per heavy atom. The van der Waals surface area contributed by atoms with Crippen LogP contribution < -0.4 is 0 Å². The van der Waals surface area contributed by atoms with Gasteiger partial charge in [0.15, 0.2) is 0 Å². The number of benzene rings is 1. The van der Waals surface area contributed by atoms with Gasteiger partial charge in [0, 0.05) is 23.3 Å². The summed E-state index contributed by atoms with van der Waals surface area (Å²) in [6, 6.07) is 7.96. The first kappa shape index (κ1) is 12.7. The summed E-state index contributed by atoms with van der Waals surface area (Å²) >= 11 is 3.52. The molecule has 2 aromatic rings. The number of hydrogen-bond donors (Lipinski definition) is 0. The number of furan rings is 1. The van der Waals surface area contributed by atoms with Crippen LogP contribution in [0.2, 0.25) is 0 Å². The first-order valence-corrected chi connectivity index (χ1v) is 7.67. The molecule has 0 saturated carbocycles. The zero-order valence-electron chi connectivity index (χ0n) is 10.8. The monoisotopic (exact) mass is 321 g/mol. The minimum atomic E-state index is 0.0822. The Bertz CT molecular complexity index is 607. The van der Waals surface area contributed by atoms with E-state index < -0.39 is 0 Å². The Morgan fingerprint density at radius 1 is 1.47 bits per heavy atom. The molecule has 1 fully saturated rings. The van der Waals surface area contributed by atoms with Crippen molar-refractivity contribution >= 4 is 32.8 Å². The minimum absolute atomic E-state index is 0.0822. The second-order valence-electron chi connectivity index (χ2n) is 5.13. The summed E-state index contributed by atoms with van der Waals surface area (Å²) in [7, 11) is 0. The zero-order chi connectivity index (χ0) is 13.4. The minimum Gasteiger partial charge on any atom is -0.463 e. The first-order chi connectivity index (χ1) is 9.22. The second kappa shape index (κ2) is 5.00. The Kier molecular flexibility index (Phi) is 3.35. The number of halogens is 1. The molecule has 1 aliphatic rings. The van der Waals surface area contributed by atoms with Gasteiger partial charge in [0.05, 0.1) is 5.56 Å². The average molecular weight is 322 g/mol. The summed E-state index contributed by atoms with van der Waals surface area (Å²) < 4.78 is 5.47. The predicted octanol–water partition coefficient (Wildman–Crippen LogP) is 3.68. The molecule has 0 radical (unpaired) electrons. The van der Waals surface area contributed by atoms with Crippen molar-refractivity contribution in [2.24, 2.45) is 5.92 Å². The Balaban J connectivity index is 1.96. The van der Waals surface area contributed by atoms with Gasteiger partial charge in [-0.2, -0.15) is 0 Å². The van der Waals surface area contributed by atoms with E-state index >= 15 is 0 Å². The number of rotatable bonds is 2. The molecule has 0 aliphatic carbocycles. The Labute approximate surface area is 120 Å². The van der Waals surface area contributed by atoms with Crippen LogP contribution in [0.3, 0.4) is 0 Å². The largest absolute Gasteiger partial charge is 0.463 e. The number of fused-ring (bicyclic) bond motifs is 1. The maximum absolute atomic E-state index is 12.7. The molecule has 0 N–H and O–H groups in total. The van der Waals surface area contributed by atoms with Gasteiger partial charge in [0.25, 0.3) is 5.91 Å². The lowest BCUT2D eigenvalue weighted by atomic mass is 10.0. The normalized spacial score (nSPS) is 23.2. The van der Waals surface area contributed by atoms with E-state index in [2.05, 4.69) is 22.9 Å². The molecule has 100 valence electrons. The number of carbonyl (C=O) groups excluding carboxylic acids is 1. The van der Waals surface area contributed by atoms with E-state index in [4.69, 9.17) is 4.42 Å². The fourth-order valence-corrected chi connectivity index (χ4v) is 3.78. The lowest BCUT2D eigenvalue weighted by Gasteiger charge is -2.24. The average Bonchev–Trinajstić information content (AvgIpc) is 3.01. The van der Waals surface area contributed by atoms with Gasteiger partial charge in [-0.15, -0.1) is 0 Å². The van der Waals surface area contributed by atoms with Crippen molar-refractivity contribution in [1.82, 2.24) is 4.90 Å². The molecule has 1 aromatic heterocycles. The van der Waals surface area contributed by atoms with Crippen molar-refractivity contribution in [3.8, 4) is 0 Å². The maximum atomic E-state index is 12.7. The highest BCUT2D eigenvalue weighted by Gasteiger charge is 2.34. The molecule has 2 unspecified atom stereocenters. The third kappa shape index (κ3) is 2.08. The van der Waals surface area contributed by atoms with Crippen LogP contribution in [0.1, 0.15) is 23.7 Å². The molecule has 3 rings (SSSR count). The molecule has 0 bridgehead atoms. The van der Waals surface area contributed by atoms with Crippen LogP contribution >= 0.6 is 15.9 Å². The van der Waals surface area contributed by atoms with Gasteiger partial charge in [-0.1, -0.05) is 41.1 Å². The van der Waals surface area contributed by atoms with Crippen molar-refractivity contribution in [3.05, 3.63) is 36.1 Å². The van der Waals surface area contributed by atoms with E-state index in [0.29, 0.717) is 11.5 Å². The van der Waals surface area contributed by atoms with Gasteiger partial charge in [-0.3, -0.25) is 4.79 Å². The van der Waals surface area contributed by atoms with Crippen LogP contribution in [0.15, 0.2) is 34.9 Å². The maximum Gasteiger partial charge on any atom is 0.258 e. The molecule has 1 amide bonds. The van der Waals surface area contributed by atoms with Crippen LogP contribution in [0.25, 0.3) is 11.0 Å². The van der Waals surface area contributed by atoms with Gasteiger partial charge in [-0.25, -0.2) is 0 Å². The van der Waals surface area contributed by atoms with Crippen molar-refractivity contribution in [3.63, 3.8) is 0 Å². The number of likely N-dealkylation sites (tertiary alicyclic amines) is 1. The molecule has 1 aromatic carbocycles. The molecule has 3 nitrogen and oxygen atoms in total. The van der Waals surface area contributed by atoms with Gasteiger partial charge in [0.2, 0.25) is 0 Å². The van der Waals surface area contributed by atoms with Crippen LogP contribution in [0.5, 0.6) is 0 Å². The molecular formula is C15H16BrNO2. The summed E-state index contributed by atoms with van der Waals surface area (Å²) in [4.78, 5) is 14.7. The van der Waals surface area contributed by atoms with Gasteiger partial charge in [-0.05, 0) is 18.4 Å². The summed E-state index contributed by atoms with van der Waals surface area (Å²) in [6.07, 6.45) is 2.65. The van der Waals surface area contributed by atoms with Crippen molar-refractivity contribution < 1.29 is 9.21 Å². The predicted molar refractivity (Wildman–Crippen MR) is 78.6 cm³/mol. The lowest BCUT2D eigenvalue weighted by molar-refractivity contribution is 0.0739. The number of carbonyl (C=O) groups is 1. The van der Waals surface area contributed by atoms with Crippen molar-refractivity contribution in [2.75, 3.05) is 11.9 Å². The Hall–Kier alpha value is -1.29. The number of nitrogens with zero attached hydrogens (tertiary/aromatic N) is 1. The smallest absolute Gasteiger partial charge is 0.258 e. The molecule has 1 saturated heterocycles. The van der Waals surface area contributed by atoms with E-state index in [-0.39, 0.29) is 11.9 Å². The summed E-state index contributed by atoms with van der Waals surface area (Å²) in [5.41, 5.74) is 1.45. The first-order valence-electron chi connectivity index (χ1n) is 6.55. The van der Waals surface area contributed by atoms with E-state index in [1.165, 1.54) is 0 Å². The van der Waals surface area contributed by atoms with E-state index in [9.17, 15) is 4.79 Å². The number of alkyl halides is 1. The lowest BCUT2D eigenvalue weighted by Crippen LogP contribution is -2.38. The standard InChI is InChI=1S/C15H16BrNO2/c1-10-6-7-17(13(10)8-16)15(18)12-9-19-14-5-3-2-4-11(12)14/h2-5,9-10,13H,6-8H2,1H3. The third-order valence-corrected chi connectivity index (χ3v) is 4.68. The fourth-order valence-electron chi connectivity index (χ4n) is 2.79. The zero-order valence-corrected chi connectivity index (χ0v) is 12.4. The summed E-state index contributed by atoms with van der Waals surface area (Å²) in [6.45, 7) is 3.03. The van der Waals surface area contributed by atoms with E-state index in [1.54, 1.807) is 6.26 Å². The van der Waals surface area contributed by atoms with Crippen molar-refractivity contribution in [2.45, 2.75) is 19.4 Å². The van der Waals surface area contributed by atoms with Crippen LogP contribution in [0.4, 0.5) is 0 Å². The van der Waals surface area contributed by atoms with Gasteiger partial charge < -0.3 is 9.32 Å². The number of amides is 1. The molecular weight excluding hydrogens is 306 g/mol. The molecule has 19 heavy (non-hydrogen) atoms. The van der Waals surface area contributed by atoms with Gasteiger partial charge in [0.1, 0.15) is 11.8 Å².